The van der Waals surface area contributed by atoms with E-state index in [2.05, 4.69) is 9.88 Å². The summed E-state index contributed by atoms with van der Waals surface area (Å²) >= 11 is 1.24. The van der Waals surface area contributed by atoms with Gasteiger partial charge in [-0.3, -0.25) is 14.5 Å². The number of rotatable bonds is 8. The van der Waals surface area contributed by atoms with Crippen molar-refractivity contribution >= 4 is 29.0 Å². The van der Waals surface area contributed by atoms with Crippen LogP contribution < -0.4 is 0 Å². The number of aromatic nitrogens is 1. The smallest absolute Gasteiger partial charge is 0.337 e. The molecule has 1 atom stereocenters. The Morgan fingerprint density at radius 3 is 2.46 bits per heavy atom. The number of hydrogen-bond donors (Lipinski definition) is 1. The fourth-order valence-corrected chi connectivity index (χ4v) is 5.41. The second-order valence-corrected chi connectivity index (χ2v) is 9.76. The predicted octanol–water partition coefficient (Wildman–Crippen LogP) is 2.85. The summed E-state index contributed by atoms with van der Waals surface area (Å²) in [6.45, 7) is 7.74. The second kappa shape index (κ2) is 10.7. The standard InChI is InChI=1S/C25H29N3O6S/c1-15-23(35-16(2)26-15)21(29)19-20(17-5-7-18(8-6-17)25(32)33-3)28(24(31)22(19)30)10-4-9-27-11-13-34-14-12-27/h5-8,20,30H,4,9-14H2,1-3H3/t20-/m1/s1. The molecule has 0 spiro atoms. The van der Waals surface area contributed by atoms with Crippen molar-refractivity contribution in [1.29, 1.82) is 0 Å². The molecule has 0 bridgehead atoms. The predicted molar refractivity (Wildman–Crippen MR) is 130 cm³/mol. The molecule has 9 nitrogen and oxygen atoms in total. The van der Waals surface area contributed by atoms with Crippen LogP contribution in [0.5, 0.6) is 0 Å². The molecule has 1 saturated heterocycles. The fraction of sp³-hybridized carbons (Fsp3) is 0.440. The number of morpholine rings is 1. The van der Waals surface area contributed by atoms with E-state index in [1.165, 1.54) is 18.4 Å². The number of ketones is 1. The zero-order valence-electron chi connectivity index (χ0n) is 20.1. The van der Waals surface area contributed by atoms with Gasteiger partial charge in [0.05, 0.1) is 53.1 Å². The first-order valence-electron chi connectivity index (χ1n) is 11.5. The lowest BCUT2D eigenvalue weighted by atomic mass is 9.94. The van der Waals surface area contributed by atoms with Crippen molar-refractivity contribution in [2.24, 2.45) is 0 Å². The molecule has 4 rings (SSSR count). The van der Waals surface area contributed by atoms with E-state index in [0.29, 0.717) is 47.9 Å². The molecule has 1 aromatic heterocycles. The summed E-state index contributed by atoms with van der Waals surface area (Å²) in [6.07, 6.45) is 0.677. The quantitative estimate of drug-likeness (QED) is 0.436. The summed E-state index contributed by atoms with van der Waals surface area (Å²) in [6, 6.07) is 5.80. The number of aliphatic hydroxyl groups excluding tert-OH is 1. The topological polar surface area (TPSA) is 109 Å². The molecule has 0 unspecified atom stereocenters. The van der Waals surface area contributed by atoms with Crippen LogP contribution >= 0.6 is 11.3 Å². The van der Waals surface area contributed by atoms with Crippen molar-refractivity contribution < 1.29 is 29.0 Å². The van der Waals surface area contributed by atoms with Crippen LogP contribution in [-0.4, -0.2) is 84.1 Å². The minimum Gasteiger partial charge on any atom is -0.503 e. The zero-order valence-corrected chi connectivity index (χ0v) is 20.9. The van der Waals surface area contributed by atoms with Crippen molar-refractivity contribution in [3.63, 3.8) is 0 Å². The van der Waals surface area contributed by atoms with E-state index in [1.807, 2.05) is 6.92 Å². The Labute approximate surface area is 208 Å². The third-order valence-corrected chi connectivity index (χ3v) is 7.35. The summed E-state index contributed by atoms with van der Waals surface area (Å²) in [7, 11) is 1.30. The van der Waals surface area contributed by atoms with Crippen molar-refractivity contribution in [3.8, 4) is 0 Å². The molecule has 0 aliphatic carbocycles. The van der Waals surface area contributed by atoms with Crippen LogP contribution in [0, 0.1) is 13.8 Å². The number of Topliss-reactive ketones (excluding diaryl/α,β-unsaturated/α-hetero) is 1. The molecular weight excluding hydrogens is 470 g/mol. The van der Waals surface area contributed by atoms with E-state index < -0.39 is 29.5 Å². The van der Waals surface area contributed by atoms with Gasteiger partial charge in [0.25, 0.3) is 5.91 Å². The van der Waals surface area contributed by atoms with Gasteiger partial charge in [-0.1, -0.05) is 12.1 Å². The van der Waals surface area contributed by atoms with E-state index >= 15 is 0 Å². The summed E-state index contributed by atoms with van der Waals surface area (Å²) in [4.78, 5) is 47.2. The molecule has 1 aromatic carbocycles. The van der Waals surface area contributed by atoms with Gasteiger partial charge in [0, 0.05) is 26.2 Å². The summed E-state index contributed by atoms with van der Waals surface area (Å²) in [5.74, 6) is -1.99. The lowest BCUT2D eigenvalue weighted by Gasteiger charge is -2.30. The second-order valence-electron chi connectivity index (χ2n) is 8.56. The van der Waals surface area contributed by atoms with Crippen LogP contribution in [0.1, 0.15) is 48.8 Å². The Balaban J connectivity index is 1.65. The van der Waals surface area contributed by atoms with Crippen LogP contribution in [0.4, 0.5) is 0 Å². The summed E-state index contributed by atoms with van der Waals surface area (Å²) in [5, 5.41) is 11.6. The fourth-order valence-electron chi connectivity index (χ4n) is 4.54. The highest BCUT2D eigenvalue weighted by Crippen LogP contribution is 2.40. The maximum absolute atomic E-state index is 13.6. The van der Waals surface area contributed by atoms with Crippen LogP contribution in [0.2, 0.25) is 0 Å². The lowest BCUT2D eigenvalue weighted by Crippen LogP contribution is -2.39. The minimum atomic E-state index is -0.770. The number of hydrogen-bond acceptors (Lipinski definition) is 9. The number of benzene rings is 1. The Morgan fingerprint density at radius 2 is 1.86 bits per heavy atom. The highest BCUT2D eigenvalue weighted by Gasteiger charge is 2.44. The van der Waals surface area contributed by atoms with Gasteiger partial charge < -0.3 is 19.5 Å². The van der Waals surface area contributed by atoms with Crippen molar-refractivity contribution in [2.45, 2.75) is 26.3 Å². The Morgan fingerprint density at radius 1 is 1.17 bits per heavy atom. The van der Waals surface area contributed by atoms with Gasteiger partial charge in [0.2, 0.25) is 5.78 Å². The van der Waals surface area contributed by atoms with Gasteiger partial charge in [0.15, 0.2) is 5.76 Å². The van der Waals surface area contributed by atoms with Crippen LogP contribution in [0.3, 0.4) is 0 Å². The number of carbonyl (C=O) groups excluding carboxylic acids is 3. The van der Waals surface area contributed by atoms with E-state index in [0.717, 1.165) is 24.6 Å². The van der Waals surface area contributed by atoms with Gasteiger partial charge in [0.1, 0.15) is 0 Å². The van der Waals surface area contributed by atoms with Crippen LogP contribution in [0.15, 0.2) is 35.6 Å². The molecular formula is C25H29N3O6S. The van der Waals surface area contributed by atoms with Crippen molar-refractivity contribution in [3.05, 3.63) is 62.3 Å². The number of thiazole rings is 1. The third kappa shape index (κ3) is 5.14. The number of carbonyl (C=O) groups is 3. The largest absolute Gasteiger partial charge is 0.503 e. The molecule has 10 heteroatoms. The summed E-state index contributed by atoms with van der Waals surface area (Å²) < 4.78 is 10.2. The molecule has 1 amide bonds. The van der Waals surface area contributed by atoms with Gasteiger partial charge >= 0.3 is 5.97 Å². The maximum atomic E-state index is 13.6. The zero-order chi connectivity index (χ0) is 25.1. The molecule has 186 valence electrons. The molecule has 2 aliphatic heterocycles. The minimum absolute atomic E-state index is 0.0407. The Kier molecular flexibility index (Phi) is 7.63. The van der Waals surface area contributed by atoms with E-state index in [1.54, 1.807) is 36.1 Å². The molecule has 3 heterocycles. The molecule has 1 N–H and O–H groups in total. The van der Waals surface area contributed by atoms with Gasteiger partial charge in [-0.15, -0.1) is 11.3 Å². The molecule has 1 fully saturated rings. The summed E-state index contributed by atoms with van der Waals surface area (Å²) in [5.41, 5.74) is 1.59. The number of aryl methyl sites for hydroxylation is 2. The molecule has 2 aliphatic rings. The first kappa shape index (κ1) is 25.0. The maximum Gasteiger partial charge on any atom is 0.337 e. The van der Waals surface area contributed by atoms with E-state index in [4.69, 9.17) is 9.47 Å². The van der Waals surface area contributed by atoms with Gasteiger partial charge in [-0.05, 0) is 38.0 Å². The van der Waals surface area contributed by atoms with Crippen LogP contribution in [-0.2, 0) is 14.3 Å². The van der Waals surface area contributed by atoms with E-state index in [-0.39, 0.29) is 5.57 Å². The molecule has 0 radical (unpaired) electrons. The number of aliphatic hydroxyl groups is 1. The lowest BCUT2D eigenvalue weighted by molar-refractivity contribution is -0.129. The van der Waals surface area contributed by atoms with Gasteiger partial charge in [-0.25, -0.2) is 9.78 Å². The molecule has 35 heavy (non-hydrogen) atoms. The first-order valence-corrected chi connectivity index (χ1v) is 12.3. The molecule has 0 saturated carbocycles. The number of amides is 1. The third-order valence-electron chi connectivity index (χ3n) is 6.28. The number of esters is 1. The molecule has 2 aromatic rings. The van der Waals surface area contributed by atoms with Crippen molar-refractivity contribution in [2.75, 3.05) is 46.5 Å². The highest BCUT2D eigenvalue weighted by atomic mass is 32.1. The van der Waals surface area contributed by atoms with Crippen molar-refractivity contribution in [1.82, 2.24) is 14.8 Å². The first-order chi connectivity index (χ1) is 16.8. The van der Waals surface area contributed by atoms with Gasteiger partial charge in [-0.2, -0.15) is 0 Å². The SMILES string of the molecule is COC(=O)c1ccc([C@@H]2C(C(=O)c3sc(C)nc3C)=C(O)C(=O)N2CCCN2CCOCC2)cc1. The number of nitrogens with zero attached hydrogens (tertiary/aromatic N) is 3. The Hall–Kier alpha value is -3.08. The highest BCUT2D eigenvalue weighted by molar-refractivity contribution is 7.14. The van der Waals surface area contributed by atoms with Crippen LogP contribution in [0.25, 0.3) is 0 Å². The average Bonchev–Trinajstić information content (AvgIpc) is 3.34. The monoisotopic (exact) mass is 499 g/mol. The normalized spacial score (nSPS) is 18.9. The van der Waals surface area contributed by atoms with E-state index in [9.17, 15) is 19.5 Å². The Bertz CT molecular complexity index is 1150. The number of ether oxygens (including phenoxy) is 2. The number of methoxy groups -OCH3 is 1. The average molecular weight is 500 g/mol.